The number of aromatic nitrogens is 4. The van der Waals surface area contributed by atoms with Gasteiger partial charge in [0.25, 0.3) is 5.91 Å². The Bertz CT molecular complexity index is 466. The number of carbonyl (C=O) groups is 1. The van der Waals surface area contributed by atoms with Crippen molar-refractivity contribution in [2.45, 2.75) is 6.54 Å². The number of primary amides is 1. The molecule has 0 spiro atoms. The first-order valence-corrected chi connectivity index (χ1v) is 4.38. The standard InChI is InChI=1S/C8H8N6O2/c9-8(15)5-1-2-6(13-12-5)10-3-7-11-4-16-14-7/h1-2,4H,3H2,(H2,9,15)(H,10,13). The van der Waals surface area contributed by atoms with Crippen molar-refractivity contribution in [3.05, 3.63) is 30.0 Å². The molecule has 16 heavy (non-hydrogen) atoms. The van der Waals surface area contributed by atoms with Crippen molar-refractivity contribution in [2.75, 3.05) is 5.32 Å². The van der Waals surface area contributed by atoms with E-state index in [0.29, 0.717) is 18.2 Å². The SMILES string of the molecule is NC(=O)c1ccc(NCc2ncon2)nn1. The van der Waals surface area contributed by atoms with E-state index in [0.717, 1.165) is 0 Å². The van der Waals surface area contributed by atoms with Crippen molar-refractivity contribution in [1.29, 1.82) is 0 Å². The molecule has 0 aromatic carbocycles. The Morgan fingerprint density at radius 3 is 2.88 bits per heavy atom. The van der Waals surface area contributed by atoms with Gasteiger partial charge in [0.05, 0.1) is 6.54 Å². The topological polar surface area (TPSA) is 120 Å². The van der Waals surface area contributed by atoms with Crippen molar-refractivity contribution in [3.8, 4) is 0 Å². The summed E-state index contributed by atoms with van der Waals surface area (Å²) in [5.74, 6) is 0.382. The summed E-state index contributed by atoms with van der Waals surface area (Å²) >= 11 is 0. The van der Waals surface area contributed by atoms with Gasteiger partial charge in [0.1, 0.15) is 5.82 Å². The molecule has 0 saturated heterocycles. The summed E-state index contributed by atoms with van der Waals surface area (Å²) < 4.78 is 4.56. The number of rotatable bonds is 4. The van der Waals surface area contributed by atoms with Crippen LogP contribution >= 0.6 is 0 Å². The Labute approximate surface area is 89.9 Å². The summed E-state index contributed by atoms with van der Waals surface area (Å²) in [7, 11) is 0. The summed E-state index contributed by atoms with van der Waals surface area (Å²) in [6.07, 6.45) is 1.23. The van der Waals surface area contributed by atoms with E-state index in [9.17, 15) is 4.79 Å². The smallest absolute Gasteiger partial charge is 0.269 e. The molecule has 8 nitrogen and oxygen atoms in total. The van der Waals surface area contributed by atoms with Gasteiger partial charge in [0, 0.05) is 0 Å². The van der Waals surface area contributed by atoms with Gasteiger partial charge in [-0.15, -0.1) is 10.2 Å². The van der Waals surface area contributed by atoms with Gasteiger partial charge in [0.15, 0.2) is 11.5 Å². The molecular formula is C8H8N6O2. The molecule has 8 heteroatoms. The van der Waals surface area contributed by atoms with Crippen LogP contribution in [-0.2, 0) is 6.54 Å². The highest BCUT2D eigenvalue weighted by molar-refractivity contribution is 5.90. The molecular weight excluding hydrogens is 212 g/mol. The molecule has 1 amide bonds. The Morgan fingerprint density at radius 1 is 1.44 bits per heavy atom. The summed E-state index contributed by atoms with van der Waals surface area (Å²) in [6.45, 7) is 0.362. The lowest BCUT2D eigenvalue weighted by Gasteiger charge is -2.01. The molecule has 2 aromatic rings. The first kappa shape index (κ1) is 10.0. The van der Waals surface area contributed by atoms with Crippen LogP contribution in [0, 0.1) is 0 Å². The largest absolute Gasteiger partial charge is 0.364 e. The van der Waals surface area contributed by atoms with Crippen molar-refractivity contribution in [2.24, 2.45) is 5.73 Å². The second-order valence-electron chi connectivity index (χ2n) is 2.87. The average molecular weight is 220 g/mol. The van der Waals surface area contributed by atoms with Crippen LogP contribution in [0.3, 0.4) is 0 Å². The number of amides is 1. The van der Waals surface area contributed by atoms with Gasteiger partial charge in [-0.1, -0.05) is 5.16 Å². The fourth-order valence-electron chi connectivity index (χ4n) is 0.998. The van der Waals surface area contributed by atoms with Crippen LogP contribution in [0.1, 0.15) is 16.3 Å². The summed E-state index contributed by atoms with van der Waals surface area (Å²) in [6, 6.07) is 3.07. The molecule has 0 saturated carbocycles. The number of nitrogens with one attached hydrogen (secondary N) is 1. The maximum Gasteiger partial charge on any atom is 0.269 e. The molecule has 2 aromatic heterocycles. The van der Waals surface area contributed by atoms with Gasteiger partial charge in [-0.3, -0.25) is 4.79 Å². The van der Waals surface area contributed by atoms with Gasteiger partial charge in [0.2, 0.25) is 6.39 Å². The van der Waals surface area contributed by atoms with Crippen LogP contribution in [-0.4, -0.2) is 26.2 Å². The van der Waals surface area contributed by atoms with Gasteiger partial charge in [-0.2, -0.15) is 4.98 Å². The lowest BCUT2D eigenvalue weighted by molar-refractivity contribution is 0.0994. The van der Waals surface area contributed by atoms with Crippen LogP contribution in [0.4, 0.5) is 5.82 Å². The Morgan fingerprint density at radius 2 is 2.31 bits per heavy atom. The molecule has 2 heterocycles. The van der Waals surface area contributed by atoms with Crippen molar-refractivity contribution < 1.29 is 9.32 Å². The molecule has 0 atom stereocenters. The predicted octanol–water partition coefficient (Wildman–Crippen LogP) is -0.429. The molecule has 82 valence electrons. The van der Waals surface area contributed by atoms with E-state index in [2.05, 4.69) is 30.2 Å². The highest BCUT2D eigenvalue weighted by Gasteiger charge is 2.03. The van der Waals surface area contributed by atoms with E-state index in [1.807, 2.05) is 0 Å². The van der Waals surface area contributed by atoms with Gasteiger partial charge in [-0.25, -0.2) is 0 Å². The zero-order chi connectivity index (χ0) is 11.4. The fraction of sp³-hybridized carbons (Fsp3) is 0.125. The third-order valence-corrected chi connectivity index (χ3v) is 1.75. The third-order valence-electron chi connectivity index (χ3n) is 1.75. The monoisotopic (exact) mass is 220 g/mol. The molecule has 0 bridgehead atoms. The lowest BCUT2D eigenvalue weighted by Crippen LogP contribution is -2.14. The number of carbonyl (C=O) groups excluding carboxylic acids is 1. The average Bonchev–Trinajstić information content (AvgIpc) is 2.80. The van der Waals surface area contributed by atoms with Crippen molar-refractivity contribution >= 4 is 11.7 Å². The molecule has 0 aliphatic carbocycles. The minimum atomic E-state index is -0.614. The molecule has 0 unspecified atom stereocenters. The number of hydrogen-bond acceptors (Lipinski definition) is 7. The van der Waals surface area contributed by atoms with Gasteiger partial charge in [-0.05, 0) is 12.1 Å². The molecule has 0 aliphatic rings. The fourth-order valence-corrected chi connectivity index (χ4v) is 0.998. The Balaban J connectivity index is 1.98. The van der Waals surface area contributed by atoms with Crippen LogP contribution in [0.2, 0.25) is 0 Å². The third kappa shape index (κ3) is 2.29. The maximum atomic E-state index is 10.7. The molecule has 0 radical (unpaired) electrons. The number of anilines is 1. The molecule has 2 rings (SSSR count). The number of nitrogens with two attached hydrogens (primary N) is 1. The van der Waals surface area contributed by atoms with E-state index in [1.165, 1.54) is 12.5 Å². The van der Waals surface area contributed by atoms with Crippen molar-refractivity contribution in [3.63, 3.8) is 0 Å². The maximum absolute atomic E-state index is 10.7. The van der Waals surface area contributed by atoms with E-state index in [4.69, 9.17) is 5.73 Å². The second-order valence-corrected chi connectivity index (χ2v) is 2.87. The summed E-state index contributed by atoms with van der Waals surface area (Å²) in [4.78, 5) is 14.5. The summed E-state index contributed by atoms with van der Waals surface area (Å²) in [5, 5.41) is 13.9. The first-order valence-electron chi connectivity index (χ1n) is 4.38. The lowest BCUT2D eigenvalue weighted by atomic mass is 10.4. The van der Waals surface area contributed by atoms with Crippen LogP contribution in [0.25, 0.3) is 0 Å². The van der Waals surface area contributed by atoms with E-state index in [-0.39, 0.29) is 5.69 Å². The first-order chi connectivity index (χ1) is 7.75. The predicted molar refractivity (Wildman–Crippen MR) is 52.2 cm³/mol. The zero-order valence-corrected chi connectivity index (χ0v) is 8.12. The van der Waals surface area contributed by atoms with E-state index < -0.39 is 5.91 Å². The second kappa shape index (κ2) is 4.34. The van der Waals surface area contributed by atoms with Crippen LogP contribution < -0.4 is 11.1 Å². The normalized spacial score (nSPS) is 10.0. The van der Waals surface area contributed by atoms with Crippen molar-refractivity contribution in [1.82, 2.24) is 20.3 Å². The highest BCUT2D eigenvalue weighted by Crippen LogP contribution is 2.02. The van der Waals surface area contributed by atoms with Crippen LogP contribution in [0.5, 0.6) is 0 Å². The molecule has 0 aliphatic heterocycles. The van der Waals surface area contributed by atoms with Crippen LogP contribution in [0.15, 0.2) is 23.0 Å². The van der Waals surface area contributed by atoms with Gasteiger partial charge >= 0.3 is 0 Å². The zero-order valence-electron chi connectivity index (χ0n) is 8.12. The summed E-state index contributed by atoms with van der Waals surface area (Å²) in [5.41, 5.74) is 5.14. The van der Waals surface area contributed by atoms with Gasteiger partial charge < -0.3 is 15.6 Å². The minimum Gasteiger partial charge on any atom is -0.364 e. The minimum absolute atomic E-state index is 0.116. The number of hydrogen-bond donors (Lipinski definition) is 2. The van der Waals surface area contributed by atoms with E-state index in [1.54, 1.807) is 6.07 Å². The molecule has 0 fully saturated rings. The Kier molecular flexibility index (Phi) is 2.72. The quantitative estimate of drug-likeness (QED) is 0.717. The number of nitrogens with zero attached hydrogens (tertiary/aromatic N) is 4. The molecule has 3 N–H and O–H groups in total. The van der Waals surface area contributed by atoms with E-state index >= 15 is 0 Å². The Hall–Kier alpha value is -2.51. The highest BCUT2D eigenvalue weighted by atomic mass is 16.5.